The van der Waals surface area contributed by atoms with Gasteiger partial charge in [-0.05, 0) is 20.3 Å². The van der Waals surface area contributed by atoms with Crippen molar-refractivity contribution in [2.45, 2.75) is 45.4 Å². The Labute approximate surface area is 96.9 Å². The molecule has 0 aromatic carbocycles. The second kappa shape index (κ2) is 5.43. The molecular formula is C11H22N4O. The van der Waals surface area contributed by atoms with Gasteiger partial charge in [0.1, 0.15) is 0 Å². The average Bonchev–Trinajstić information content (AvgIpc) is 2.78. The third-order valence-electron chi connectivity index (χ3n) is 3.26. The van der Waals surface area contributed by atoms with Crippen LogP contribution in [-0.2, 0) is 11.3 Å². The highest BCUT2D eigenvalue weighted by molar-refractivity contribution is 5.15. The van der Waals surface area contributed by atoms with Crippen molar-refractivity contribution in [3.05, 3.63) is 18.0 Å². The first kappa shape index (κ1) is 13.2. The zero-order valence-electron chi connectivity index (χ0n) is 10.5. The van der Waals surface area contributed by atoms with Crippen molar-refractivity contribution in [2.75, 3.05) is 7.11 Å². The number of hydrogen-bond donors (Lipinski definition) is 2. The van der Waals surface area contributed by atoms with Crippen molar-refractivity contribution in [1.29, 1.82) is 0 Å². The largest absolute Gasteiger partial charge is 0.376 e. The third kappa shape index (κ3) is 2.42. The molecule has 0 radical (unpaired) electrons. The minimum atomic E-state index is -0.323. The first-order valence-electron chi connectivity index (χ1n) is 5.64. The molecular weight excluding hydrogens is 204 g/mol. The standard InChI is InChI=1S/C11H22N4O/c1-5-11(3,16-4)10(14-12)9-7-13-15(6-2)8-9/h7-8,10,14H,5-6,12H2,1-4H3. The molecule has 2 atom stereocenters. The molecule has 0 aliphatic heterocycles. The third-order valence-corrected chi connectivity index (χ3v) is 3.26. The Hall–Kier alpha value is -0.910. The van der Waals surface area contributed by atoms with Crippen molar-refractivity contribution >= 4 is 0 Å². The normalized spacial score (nSPS) is 17.1. The second-order valence-electron chi connectivity index (χ2n) is 4.10. The number of aryl methyl sites for hydroxylation is 1. The summed E-state index contributed by atoms with van der Waals surface area (Å²) in [6.45, 7) is 7.03. The fourth-order valence-corrected chi connectivity index (χ4v) is 1.79. The molecule has 2 unspecified atom stereocenters. The number of rotatable bonds is 6. The molecule has 1 aromatic rings. The van der Waals surface area contributed by atoms with Crippen molar-refractivity contribution in [2.24, 2.45) is 5.84 Å². The Bertz CT molecular complexity index is 320. The van der Waals surface area contributed by atoms with E-state index in [9.17, 15) is 0 Å². The SMILES string of the molecule is CCn1cc(C(NN)C(C)(CC)OC)cn1. The van der Waals surface area contributed by atoms with Gasteiger partial charge in [-0.1, -0.05) is 6.92 Å². The van der Waals surface area contributed by atoms with Crippen LogP contribution in [0.4, 0.5) is 0 Å². The predicted molar refractivity (Wildman–Crippen MR) is 63.7 cm³/mol. The minimum Gasteiger partial charge on any atom is -0.376 e. The van der Waals surface area contributed by atoms with E-state index < -0.39 is 0 Å². The number of hydrazine groups is 1. The van der Waals surface area contributed by atoms with Gasteiger partial charge in [0.25, 0.3) is 0 Å². The molecule has 0 saturated heterocycles. The van der Waals surface area contributed by atoms with Crippen LogP contribution in [0, 0.1) is 0 Å². The maximum absolute atomic E-state index is 5.63. The maximum Gasteiger partial charge on any atom is 0.0856 e. The van der Waals surface area contributed by atoms with Crippen LogP contribution in [0.25, 0.3) is 0 Å². The Morgan fingerprint density at radius 1 is 1.62 bits per heavy atom. The van der Waals surface area contributed by atoms with Crippen LogP contribution in [0.15, 0.2) is 12.4 Å². The Balaban J connectivity index is 2.97. The van der Waals surface area contributed by atoms with Crippen molar-refractivity contribution < 1.29 is 4.74 Å². The number of methoxy groups -OCH3 is 1. The summed E-state index contributed by atoms with van der Waals surface area (Å²) in [6.07, 6.45) is 4.70. The molecule has 0 saturated carbocycles. The topological polar surface area (TPSA) is 65.1 Å². The molecule has 16 heavy (non-hydrogen) atoms. The van der Waals surface area contributed by atoms with Gasteiger partial charge in [0.15, 0.2) is 0 Å². The lowest BCUT2D eigenvalue weighted by molar-refractivity contribution is -0.0300. The summed E-state index contributed by atoms with van der Waals surface area (Å²) in [5.41, 5.74) is 3.55. The monoisotopic (exact) mass is 226 g/mol. The van der Waals surface area contributed by atoms with E-state index in [1.54, 1.807) is 7.11 Å². The molecule has 1 rings (SSSR count). The second-order valence-corrected chi connectivity index (χ2v) is 4.10. The summed E-state index contributed by atoms with van der Waals surface area (Å²) in [4.78, 5) is 0. The highest BCUT2D eigenvalue weighted by Crippen LogP contribution is 2.30. The van der Waals surface area contributed by atoms with Gasteiger partial charge in [-0.25, -0.2) is 5.43 Å². The van der Waals surface area contributed by atoms with E-state index in [2.05, 4.69) is 24.4 Å². The van der Waals surface area contributed by atoms with Gasteiger partial charge in [0.2, 0.25) is 0 Å². The highest BCUT2D eigenvalue weighted by Gasteiger charge is 2.33. The van der Waals surface area contributed by atoms with E-state index in [4.69, 9.17) is 10.6 Å². The molecule has 0 fully saturated rings. The molecule has 1 heterocycles. The van der Waals surface area contributed by atoms with Crippen LogP contribution in [0.5, 0.6) is 0 Å². The highest BCUT2D eigenvalue weighted by atomic mass is 16.5. The quantitative estimate of drug-likeness (QED) is 0.565. The van der Waals surface area contributed by atoms with Gasteiger partial charge in [-0.3, -0.25) is 10.5 Å². The zero-order valence-corrected chi connectivity index (χ0v) is 10.5. The van der Waals surface area contributed by atoms with Crippen molar-refractivity contribution in [1.82, 2.24) is 15.2 Å². The number of ether oxygens (including phenoxy) is 1. The summed E-state index contributed by atoms with van der Waals surface area (Å²) in [7, 11) is 1.71. The van der Waals surface area contributed by atoms with E-state index in [0.29, 0.717) is 0 Å². The lowest BCUT2D eigenvalue weighted by Gasteiger charge is -2.34. The number of nitrogens with one attached hydrogen (secondary N) is 1. The van der Waals surface area contributed by atoms with E-state index >= 15 is 0 Å². The van der Waals surface area contributed by atoms with Gasteiger partial charge in [-0.2, -0.15) is 5.10 Å². The van der Waals surface area contributed by atoms with E-state index in [0.717, 1.165) is 18.5 Å². The van der Waals surface area contributed by atoms with Crippen LogP contribution >= 0.6 is 0 Å². The van der Waals surface area contributed by atoms with Gasteiger partial charge in [0, 0.05) is 25.4 Å². The molecule has 0 amide bonds. The van der Waals surface area contributed by atoms with Gasteiger partial charge >= 0.3 is 0 Å². The molecule has 0 bridgehead atoms. The number of hydrogen-bond acceptors (Lipinski definition) is 4. The lowest BCUT2D eigenvalue weighted by atomic mass is 9.90. The van der Waals surface area contributed by atoms with Gasteiger partial charge < -0.3 is 4.74 Å². The molecule has 0 aliphatic rings. The number of aromatic nitrogens is 2. The average molecular weight is 226 g/mol. The number of nitrogens with zero attached hydrogens (tertiary/aromatic N) is 2. The van der Waals surface area contributed by atoms with E-state index in [-0.39, 0.29) is 11.6 Å². The molecule has 5 heteroatoms. The van der Waals surface area contributed by atoms with Crippen LogP contribution in [0.3, 0.4) is 0 Å². The lowest BCUT2D eigenvalue weighted by Crippen LogP contribution is -2.45. The maximum atomic E-state index is 5.63. The first-order chi connectivity index (χ1) is 7.61. The molecule has 0 aliphatic carbocycles. The molecule has 3 N–H and O–H groups in total. The fourth-order valence-electron chi connectivity index (χ4n) is 1.79. The molecule has 1 aromatic heterocycles. The Morgan fingerprint density at radius 2 is 2.31 bits per heavy atom. The van der Waals surface area contributed by atoms with Gasteiger partial charge in [0.05, 0.1) is 17.8 Å². The fraction of sp³-hybridized carbons (Fsp3) is 0.727. The minimum absolute atomic E-state index is 0.0530. The summed E-state index contributed by atoms with van der Waals surface area (Å²) in [6, 6.07) is -0.0530. The van der Waals surface area contributed by atoms with E-state index in [1.165, 1.54) is 0 Å². The van der Waals surface area contributed by atoms with Gasteiger partial charge in [-0.15, -0.1) is 0 Å². The summed E-state index contributed by atoms with van der Waals surface area (Å²) in [5, 5.41) is 4.25. The molecule has 5 nitrogen and oxygen atoms in total. The van der Waals surface area contributed by atoms with Crippen LogP contribution in [0.1, 0.15) is 38.8 Å². The van der Waals surface area contributed by atoms with Crippen LogP contribution in [0.2, 0.25) is 0 Å². The summed E-state index contributed by atoms with van der Waals surface area (Å²) in [5.74, 6) is 5.63. The molecule has 0 spiro atoms. The smallest absolute Gasteiger partial charge is 0.0856 e. The van der Waals surface area contributed by atoms with Crippen LogP contribution < -0.4 is 11.3 Å². The zero-order chi connectivity index (χ0) is 12.2. The Morgan fingerprint density at radius 3 is 2.69 bits per heavy atom. The Kier molecular flexibility index (Phi) is 4.46. The predicted octanol–water partition coefficient (Wildman–Crippen LogP) is 1.22. The van der Waals surface area contributed by atoms with Crippen molar-refractivity contribution in [3.8, 4) is 0 Å². The van der Waals surface area contributed by atoms with Crippen LogP contribution in [-0.4, -0.2) is 22.5 Å². The van der Waals surface area contributed by atoms with Crippen molar-refractivity contribution in [3.63, 3.8) is 0 Å². The summed E-state index contributed by atoms with van der Waals surface area (Å²) < 4.78 is 7.44. The summed E-state index contributed by atoms with van der Waals surface area (Å²) >= 11 is 0. The van der Waals surface area contributed by atoms with E-state index in [1.807, 2.05) is 24.0 Å². The number of nitrogens with two attached hydrogens (primary N) is 1. The molecule has 92 valence electrons. The first-order valence-corrected chi connectivity index (χ1v) is 5.64.